The van der Waals surface area contributed by atoms with Crippen molar-refractivity contribution in [1.29, 1.82) is 0 Å². The fourth-order valence-electron chi connectivity index (χ4n) is 9.83. The fraction of sp³-hybridized carbons (Fsp3) is 0.887. The van der Waals surface area contributed by atoms with E-state index in [9.17, 15) is 28.8 Å². The van der Waals surface area contributed by atoms with E-state index >= 15 is 0 Å². The van der Waals surface area contributed by atoms with Crippen LogP contribution in [0.3, 0.4) is 0 Å². The molecule has 4 unspecified atom stereocenters. The third kappa shape index (κ3) is 25.9. The van der Waals surface area contributed by atoms with E-state index in [1.54, 1.807) is 43.5 Å². The molecule has 6 heterocycles. The summed E-state index contributed by atoms with van der Waals surface area (Å²) >= 11 is 0. The summed E-state index contributed by atoms with van der Waals surface area (Å²) in [6, 6.07) is 0. The van der Waals surface area contributed by atoms with E-state index in [1.165, 1.54) is 12.8 Å². The molecule has 71 heavy (non-hydrogen) atoms. The van der Waals surface area contributed by atoms with E-state index in [1.807, 2.05) is 77.5 Å². The largest absolute Gasteiger partial charge is 0.349 e. The summed E-state index contributed by atoms with van der Waals surface area (Å²) in [6.45, 7) is 12.3. The van der Waals surface area contributed by atoms with Crippen LogP contribution in [-0.4, -0.2) is 300 Å². The first-order valence-electron chi connectivity index (χ1n) is 26.5. The van der Waals surface area contributed by atoms with Crippen LogP contribution in [0.4, 0.5) is 0 Å². The summed E-state index contributed by atoms with van der Waals surface area (Å²) in [5, 5.41) is 0. The zero-order valence-electron chi connectivity index (χ0n) is 48.5. The van der Waals surface area contributed by atoms with Crippen LogP contribution in [-0.2, 0) is 28.8 Å². The minimum absolute atomic E-state index is 0.225. The lowest BCUT2D eigenvalue weighted by molar-refractivity contribution is -0.138. The lowest BCUT2D eigenvalue weighted by Gasteiger charge is -2.36. The Balaban J connectivity index is 0.000000427. The van der Waals surface area contributed by atoms with Gasteiger partial charge >= 0.3 is 0 Å². The molecule has 6 aliphatic rings. The summed E-state index contributed by atoms with van der Waals surface area (Å²) in [7, 11) is 34.4. The Kier molecular flexibility index (Phi) is 31.5. The molecule has 18 nitrogen and oxygen atoms in total. The van der Waals surface area contributed by atoms with Crippen LogP contribution >= 0.6 is 0 Å². The van der Waals surface area contributed by atoms with Crippen molar-refractivity contribution in [1.82, 2.24) is 58.8 Å². The minimum atomic E-state index is 0.225. The Morgan fingerprint density at radius 1 is 0.254 bits per heavy atom. The molecular formula is C53H106N12O6. The summed E-state index contributed by atoms with van der Waals surface area (Å²) in [5.74, 6) is 3.20. The quantitative estimate of drug-likeness (QED) is 0.385. The molecule has 4 atom stereocenters. The molecule has 0 aromatic carbocycles. The van der Waals surface area contributed by atoms with Crippen LogP contribution in [0.5, 0.6) is 0 Å². The van der Waals surface area contributed by atoms with Crippen molar-refractivity contribution in [3.05, 3.63) is 0 Å². The van der Waals surface area contributed by atoms with E-state index in [4.69, 9.17) is 0 Å². The van der Waals surface area contributed by atoms with Gasteiger partial charge in [-0.25, -0.2) is 0 Å². The molecule has 6 amide bonds. The maximum absolute atomic E-state index is 11.7. The Morgan fingerprint density at radius 2 is 0.479 bits per heavy atom. The van der Waals surface area contributed by atoms with Crippen molar-refractivity contribution < 1.29 is 28.8 Å². The second-order valence-corrected chi connectivity index (χ2v) is 22.6. The van der Waals surface area contributed by atoms with Gasteiger partial charge in [0.2, 0.25) is 35.4 Å². The number of nitrogens with zero attached hydrogens (tertiary/aromatic N) is 12. The zero-order chi connectivity index (χ0) is 54.1. The average Bonchev–Trinajstić information content (AvgIpc) is 3.46. The molecule has 0 bridgehead atoms. The molecule has 0 N–H and O–H groups in total. The van der Waals surface area contributed by atoms with Crippen LogP contribution in [0.15, 0.2) is 0 Å². The molecular weight excluding hydrogens is 901 g/mol. The summed E-state index contributed by atoms with van der Waals surface area (Å²) in [6.07, 6.45) is 12.0. The summed E-state index contributed by atoms with van der Waals surface area (Å²) in [5.41, 5.74) is 0. The molecule has 0 aromatic heterocycles. The maximum atomic E-state index is 11.7. The molecule has 414 valence electrons. The Bertz CT molecular complexity index is 1570. The predicted octanol–water partition coefficient (Wildman–Crippen LogP) is 2.11. The average molecular weight is 1010 g/mol. The van der Waals surface area contributed by atoms with Gasteiger partial charge in [0.05, 0.1) is 23.7 Å². The van der Waals surface area contributed by atoms with Crippen molar-refractivity contribution in [3.8, 4) is 0 Å². The van der Waals surface area contributed by atoms with Crippen LogP contribution in [0.2, 0.25) is 0 Å². The highest BCUT2D eigenvalue weighted by Crippen LogP contribution is 2.21. The van der Waals surface area contributed by atoms with Gasteiger partial charge in [-0.05, 0) is 152 Å². The van der Waals surface area contributed by atoms with Gasteiger partial charge in [-0.2, -0.15) is 0 Å². The van der Waals surface area contributed by atoms with Crippen LogP contribution in [0.25, 0.3) is 0 Å². The number of piperidine rings is 2. The van der Waals surface area contributed by atoms with Gasteiger partial charge in [0.1, 0.15) is 0 Å². The van der Waals surface area contributed by atoms with Crippen molar-refractivity contribution in [2.45, 2.75) is 70.6 Å². The third-order valence-electron chi connectivity index (χ3n) is 14.4. The first kappa shape index (κ1) is 65.6. The first-order valence-corrected chi connectivity index (χ1v) is 26.5. The molecule has 6 aliphatic heterocycles. The van der Waals surface area contributed by atoms with Gasteiger partial charge in [0.25, 0.3) is 0 Å². The predicted molar refractivity (Wildman–Crippen MR) is 289 cm³/mol. The number of rotatable bonds is 6. The normalized spacial score (nSPS) is 23.9. The number of hydrogen-bond donors (Lipinski definition) is 0. The Morgan fingerprint density at radius 3 is 0.845 bits per heavy atom. The number of carbonyl (C=O) groups is 6. The highest BCUT2D eigenvalue weighted by molar-refractivity contribution is 5.81. The highest BCUT2D eigenvalue weighted by atomic mass is 16.2. The number of amides is 6. The summed E-state index contributed by atoms with van der Waals surface area (Å²) in [4.78, 5) is 92.6. The van der Waals surface area contributed by atoms with Crippen molar-refractivity contribution >= 4 is 35.4 Å². The zero-order valence-corrected chi connectivity index (χ0v) is 48.5. The monoisotopic (exact) mass is 1010 g/mol. The van der Waals surface area contributed by atoms with Gasteiger partial charge in [0.15, 0.2) is 0 Å². The van der Waals surface area contributed by atoms with E-state index in [0.717, 1.165) is 136 Å². The van der Waals surface area contributed by atoms with E-state index < -0.39 is 0 Å². The third-order valence-corrected chi connectivity index (χ3v) is 14.4. The topological polar surface area (TPSA) is 141 Å². The van der Waals surface area contributed by atoms with Gasteiger partial charge in [-0.1, -0.05) is 6.42 Å². The van der Waals surface area contributed by atoms with Crippen LogP contribution < -0.4 is 0 Å². The van der Waals surface area contributed by atoms with Crippen molar-refractivity contribution in [2.24, 2.45) is 35.5 Å². The number of carbonyl (C=O) groups excluding carboxylic acids is 6. The van der Waals surface area contributed by atoms with Crippen molar-refractivity contribution in [2.75, 3.05) is 205 Å². The molecule has 18 heteroatoms. The molecule has 0 aromatic rings. The van der Waals surface area contributed by atoms with Gasteiger partial charge in [-0.3, -0.25) is 28.8 Å². The molecule has 0 spiro atoms. The van der Waals surface area contributed by atoms with E-state index in [2.05, 4.69) is 64.6 Å². The van der Waals surface area contributed by atoms with Gasteiger partial charge in [0, 0.05) is 129 Å². The maximum Gasteiger partial charge on any atom is 0.227 e. The second kappa shape index (κ2) is 34.1. The highest BCUT2D eigenvalue weighted by Gasteiger charge is 2.31. The number of likely N-dealkylation sites (tertiary alicyclic amines) is 6. The molecule has 6 rings (SSSR count). The SMILES string of the molecule is CN1CC(C(=O)N(C)C)C1.CN1CCC(C(=O)N(C)C)C1.CN1CCC(C(=O)N(C)C)CC1.CN1CCCC(C(=O)N(C)C)C1.CN1CCCC(C(=O)N(C)C)CC1.CN1CCCCC(C(=O)N(C)C)C1. The Labute approximate surface area is 433 Å². The standard InChI is InChI=1S/2C10H20N2O.2C9H18N2O.C8H16N2O.C7H14N2O/c1-11(2)10(13)9-5-4-7-12(3)8-6-9;1-11(2)10(13)9-6-4-5-7-12(3)8-9;1-10(2)9(12)8-4-6-11(3)7-5-8;1-10(2)9(12)8-5-4-6-11(3)7-8;1-9(2)8(11)7-4-5-10(3)6-7;1-8(2)7(10)6-4-9(3)5-6/h2*9H,4-8H2,1-3H3;2*8H,4-7H2,1-3H3;7H,4-6H2,1-3H3;6H,4-5H2,1-3H3. The van der Waals surface area contributed by atoms with Gasteiger partial charge < -0.3 is 58.8 Å². The van der Waals surface area contributed by atoms with Crippen molar-refractivity contribution in [3.63, 3.8) is 0 Å². The van der Waals surface area contributed by atoms with Crippen LogP contribution in [0.1, 0.15) is 70.6 Å². The number of hydrogen-bond acceptors (Lipinski definition) is 12. The lowest BCUT2D eigenvalue weighted by Crippen LogP contribution is -2.51. The Hall–Kier alpha value is -3.42. The molecule has 0 radical (unpaired) electrons. The van der Waals surface area contributed by atoms with Gasteiger partial charge in [-0.15, -0.1) is 0 Å². The smallest absolute Gasteiger partial charge is 0.227 e. The fourth-order valence-corrected chi connectivity index (χ4v) is 9.83. The van der Waals surface area contributed by atoms with E-state index in [-0.39, 0.29) is 59.1 Å². The first-order chi connectivity index (χ1) is 33.2. The molecule has 0 aliphatic carbocycles. The van der Waals surface area contributed by atoms with Crippen LogP contribution in [0, 0.1) is 35.5 Å². The minimum Gasteiger partial charge on any atom is -0.349 e. The lowest BCUT2D eigenvalue weighted by atomic mass is 9.96. The molecule has 6 fully saturated rings. The second-order valence-electron chi connectivity index (χ2n) is 22.6. The molecule has 0 saturated carbocycles. The summed E-state index contributed by atoms with van der Waals surface area (Å²) < 4.78 is 0. The van der Waals surface area contributed by atoms with E-state index in [0.29, 0.717) is 11.8 Å². The molecule has 6 saturated heterocycles.